The van der Waals surface area contributed by atoms with Gasteiger partial charge in [0.1, 0.15) is 0 Å². The third kappa shape index (κ3) is 3.93. The molecule has 0 heterocycles. The lowest BCUT2D eigenvalue weighted by Crippen LogP contribution is -2.25. The van der Waals surface area contributed by atoms with E-state index in [1.807, 2.05) is 6.26 Å². The van der Waals surface area contributed by atoms with Crippen molar-refractivity contribution >= 4 is 17.7 Å². The first kappa shape index (κ1) is 14.4. The molecule has 0 aliphatic carbocycles. The molecule has 1 atom stereocenters. The minimum absolute atomic E-state index is 0.132. The zero-order valence-electron chi connectivity index (χ0n) is 11.3. The highest BCUT2D eigenvalue weighted by Crippen LogP contribution is 2.30. The summed E-state index contributed by atoms with van der Waals surface area (Å²) in [4.78, 5) is 2.41. The van der Waals surface area contributed by atoms with Crippen LogP contribution in [0.15, 0.2) is 24.3 Å². The number of para-hydroxylation sites is 1. The van der Waals surface area contributed by atoms with Crippen molar-refractivity contribution in [3.05, 3.63) is 29.8 Å². The van der Waals surface area contributed by atoms with E-state index in [0.29, 0.717) is 0 Å². The fraction of sp³-hybridized carbons (Fsp3) is 0.571. The maximum absolute atomic E-state index is 5.63. The number of nitrogens with zero attached hydrogens (tertiary/aromatic N) is 1. The number of rotatable bonds is 7. The summed E-state index contributed by atoms with van der Waals surface area (Å²) in [5, 5.41) is 0. The van der Waals surface area contributed by atoms with Crippen LogP contribution in [0, 0.1) is 0 Å². The van der Waals surface area contributed by atoms with Crippen molar-refractivity contribution in [2.24, 2.45) is 0 Å². The highest BCUT2D eigenvalue weighted by molar-refractivity contribution is 7.93. The van der Waals surface area contributed by atoms with Gasteiger partial charge < -0.3 is 9.08 Å². The van der Waals surface area contributed by atoms with Crippen LogP contribution in [0.4, 0.5) is 5.69 Å². The second-order valence-electron chi connectivity index (χ2n) is 4.04. The van der Waals surface area contributed by atoms with E-state index in [1.54, 1.807) is 0 Å². The third-order valence-electron chi connectivity index (χ3n) is 2.83. The van der Waals surface area contributed by atoms with Crippen molar-refractivity contribution < 1.29 is 4.18 Å². The van der Waals surface area contributed by atoms with E-state index >= 15 is 0 Å². The van der Waals surface area contributed by atoms with Crippen molar-refractivity contribution in [2.45, 2.75) is 33.3 Å². The molecule has 0 saturated heterocycles. The SMILES string of the molecule is CCCN(CC)c1ccccc1C(C)OSC. The van der Waals surface area contributed by atoms with Crippen molar-refractivity contribution in [3.63, 3.8) is 0 Å². The van der Waals surface area contributed by atoms with Crippen molar-refractivity contribution in [3.8, 4) is 0 Å². The molecule has 0 amide bonds. The summed E-state index contributed by atoms with van der Waals surface area (Å²) >= 11 is 1.43. The monoisotopic (exact) mass is 253 g/mol. The fourth-order valence-electron chi connectivity index (χ4n) is 2.03. The van der Waals surface area contributed by atoms with Gasteiger partial charge in [-0.2, -0.15) is 0 Å². The normalized spacial score (nSPS) is 12.5. The Morgan fingerprint density at radius 3 is 2.59 bits per heavy atom. The molecular weight excluding hydrogens is 230 g/mol. The van der Waals surface area contributed by atoms with Crippen LogP contribution in [0.5, 0.6) is 0 Å². The Hall–Kier alpha value is -0.670. The van der Waals surface area contributed by atoms with E-state index in [2.05, 4.69) is 49.9 Å². The molecule has 0 fully saturated rings. The summed E-state index contributed by atoms with van der Waals surface area (Å²) in [5.41, 5.74) is 2.58. The molecule has 0 aromatic heterocycles. The Balaban J connectivity index is 2.96. The zero-order chi connectivity index (χ0) is 12.7. The van der Waals surface area contributed by atoms with Crippen LogP contribution in [0.2, 0.25) is 0 Å². The van der Waals surface area contributed by atoms with Gasteiger partial charge in [-0.25, -0.2) is 0 Å². The van der Waals surface area contributed by atoms with Gasteiger partial charge in [-0.15, -0.1) is 0 Å². The first-order valence-electron chi connectivity index (χ1n) is 6.27. The second kappa shape index (κ2) is 7.62. The molecule has 0 saturated carbocycles. The number of benzene rings is 1. The molecule has 17 heavy (non-hydrogen) atoms. The van der Waals surface area contributed by atoms with Crippen molar-refractivity contribution in [1.29, 1.82) is 0 Å². The molecular formula is C14H23NOS. The quantitative estimate of drug-likeness (QED) is 0.673. The molecule has 0 spiro atoms. The Kier molecular flexibility index (Phi) is 6.45. The summed E-state index contributed by atoms with van der Waals surface area (Å²) < 4.78 is 5.63. The van der Waals surface area contributed by atoms with Gasteiger partial charge in [0.05, 0.1) is 6.10 Å². The van der Waals surface area contributed by atoms with Crippen molar-refractivity contribution in [1.82, 2.24) is 0 Å². The standard InChI is InChI=1S/C14H23NOS/c1-5-11-15(6-2)14-10-8-7-9-13(14)12(3)16-17-4/h7-10,12H,5-6,11H2,1-4H3. The van der Waals surface area contributed by atoms with Crippen LogP contribution in [-0.2, 0) is 4.18 Å². The van der Waals surface area contributed by atoms with Gasteiger partial charge in [-0.1, -0.05) is 25.1 Å². The molecule has 1 rings (SSSR count). The first-order valence-corrected chi connectivity index (χ1v) is 7.42. The molecule has 2 nitrogen and oxygen atoms in total. The maximum atomic E-state index is 5.63. The van der Waals surface area contributed by atoms with Crippen LogP contribution < -0.4 is 4.90 Å². The van der Waals surface area contributed by atoms with Gasteiger partial charge in [0.15, 0.2) is 0 Å². The fourth-order valence-corrected chi connectivity index (χ4v) is 2.43. The predicted molar refractivity (Wildman–Crippen MR) is 77.6 cm³/mol. The summed E-state index contributed by atoms with van der Waals surface area (Å²) in [6.07, 6.45) is 3.26. The minimum Gasteiger partial charge on any atom is -0.372 e. The third-order valence-corrected chi connectivity index (χ3v) is 3.31. The van der Waals surface area contributed by atoms with Crippen LogP contribution in [-0.4, -0.2) is 19.3 Å². The average Bonchev–Trinajstić information content (AvgIpc) is 2.36. The zero-order valence-corrected chi connectivity index (χ0v) is 12.1. The Bertz CT molecular complexity index is 330. The molecule has 0 N–H and O–H groups in total. The molecule has 1 aromatic carbocycles. The van der Waals surface area contributed by atoms with Crippen LogP contribution in [0.25, 0.3) is 0 Å². The molecule has 0 radical (unpaired) electrons. The van der Waals surface area contributed by atoms with Crippen molar-refractivity contribution in [2.75, 3.05) is 24.2 Å². The maximum Gasteiger partial charge on any atom is 0.0963 e. The van der Waals surface area contributed by atoms with Gasteiger partial charge in [0, 0.05) is 30.6 Å². The smallest absolute Gasteiger partial charge is 0.0963 e. The van der Waals surface area contributed by atoms with E-state index in [1.165, 1.54) is 29.7 Å². The summed E-state index contributed by atoms with van der Waals surface area (Å²) in [5.74, 6) is 0. The van der Waals surface area contributed by atoms with E-state index in [9.17, 15) is 0 Å². The topological polar surface area (TPSA) is 12.5 Å². The Morgan fingerprint density at radius 1 is 1.29 bits per heavy atom. The van der Waals surface area contributed by atoms with Crippen LogP contribution in [0.3, 0.4) is 0 Å². The van der Waals surface area contributed by atoms with Gasteiger partial charge in [0.2, 0.25) is 0 Å². The lowest BCUT2D eigenvalue weighted by molar-refractivity contribution is 0.274. The Morgan fingerprint density at radius 2 is 2.00 bits per heavy atom. The number of hydrogen-bond acceptors (Lipinski definition) is 3. The molecule has 0 aliphatic rings. The molecule has 1 unspecified atom stereocenters. The molecule has 0 bridgehead atoms. The summed E-state index contributed by atoms with van der Waals surface area (Å²) in [6, 6.07) is 8.53. The lowest BCUT2D eigenvalue weighted by atomic mass is 10.1. The van der Waals surface area contributed by atoms with Crippen LogP contribution >= 0.6 is 12.0 Å². The van der Waals surface area contributed by atoms with Gasteiger partial charge in [-0.3, -0.25) is 0 Å². The van der Waals surface area contributed by atoms with Gasteiger partial charge >= 0.3 is 0 Å². The molecule has 3 heteroatoms. The minimum atomic E-state index is 0.132. The lowest BCUT2D eigenvalue weighted by Gasteiger charge is -2.27. The van der Waals surface area contributed by atoms with Gasteiger partial charge in [0.25, 0.3) is 0 Å². The molecule has 96 valence electrons. The largest absolute Gasteiger partial charge is 0.372 e. The van der Waals surface area contributed by atoms with E-state index in [4.69, 9.17) is 4.18 Å². The van der Waals surface area contributed by atoms with E-state index in [0.717, 1.165) is 13.1 Å². The summed E-state index contributed by atoms with van der Waals surface area (Å²) in [7, 11) is 0. The van der Waals surface area contributed by atoms with E-state index < -0.39 is 0 Å². The molecule has 1 aromatic rings. The predicted octanol–water partition coefficient (Wildman–Crippen LogP) is 4.28. The first-order chi connectivity index (χ1) is 8.24. The molecule has 0 aliphatic heterocycles. The Labute approximate surface area is 110 Å². The number of hydrogen-bond donors (Lipinski definition) is 0. The second-order valence-corrected chi connectivity index (χ2v) is 4.57. The number of anilines is 1. The highest BCUT2D eigenvalue weighted by Gasteiger charge is 2.14. The summed E-state index contributed by atoms with van der Waals surface area (Å²) in [6.45, 7) is 8.66. The highest BCUT2D eigenvalue weighted by atomic mass is 32.2. The van der Waals surface area contributed by atoms with Crippen LogP contribution in [0.1, 0.15) is 38.9 Å². The van der Waals surface area contributed by atoms with E-state index in [-0.39, 0.29) is 6.10 Å². The van der Waals surface area contributed by atoms with Gasteiger partial charge in [-0.05, 0) is 38.4 Å². The average molecular weight is 253 g/mol.